The summed E-state index contributed by atoms with van der Waals surface area (Å²) in [6, 6.07) is 24.1. The zero-order chi connectivity index (χ0) is 19.3. The molecule has 1 N–H and O–H groups in total. The van der Waals surface area contributed by atoms with Crippen molar-refractivity contribution in [2.45, 2.75) is 38.7 Å². The van der Waals surface area contributed by atoms with E-state index >= 15 is 0 Å². The molecule has 0 heterocycles. The SMILES string of the molecule is C[C@H](Oc1ccc2c(c1)CCCC2)C(=O)Nc1ccccc1-c1ccccc1. The zero-order valence-electron chi connectivity index (χ0n) is 16.2. The molecule has 0 spiro atoms. The Morgan fingerprint density at radius 1 is 0.893 bits per heavy atom. The summed E-state index contributed by atoms with van der Waals surface area (Å²) >= 11 is 0. The van der Waals surface area contributed by atoms with Crippen LogP contribution in [0.1, 0.15) is 30.9 Å². The number of hydrogen-bond acceptors (Lipinski definition) is 2. The van der Waals surface area contributed by atoms with E-state index in [1.807, 2.05) is 60.7 Å². The number of amides is 1. The van der Waals surface area contributed by atoms with Crippen molar-refractivity contribution in [3.8, 4) is 16.9 Å². The molecule has 28 heavy (non-hydrogen) atoms. The Hall–Kier alpha value is -3.07. The van der Waals surface area contributed by atoms with Crippen LogP contribution in [0.25, 0.3) is 11.1 Å². The highest BCUT2D eigenvalue weighted by atomic mass is 16.5. The van der Waals surface area contributed by atoms with Crippen molar-refractivity contribution in [2.24, 2.45) is 0 Å². The first-order valence-corrected chi connectivity index (χ1v) is 9.94. The number of benzene rings is 3. The number of carbonyl (C=O) groups is 1. The lowest BCUT2D eigenvalue weighted by Crippen LogP contribution is -2.30. The average Bonchev–Trinajstić information content (AvgIpc) is 2.74. The molecular weight excluding hydrogens is 346 g/mol. The van der Waals surface area contributed by atoms with Crippen LogP contribution in [0.5, 0.6) is 5.75 Å². The lowest BCUT2D eigenvalue weighted by molar-refractivity contribution is -0.122. The van der Waals surface area contributed by atoms with Crippen molar-refractivity contribution in [1.29, 1.82) is 0 Å². The van der Waals surface area contributed by atoms with Crippen LogP contribution in [0.4, 0.5) is 5.69 Å². The van der Waals surface area contributed by atoms with Crippen LogP contribution in [0, 0.1) is 0 Å². The number of rotatable bonds is 5. The van der Waals surface area contributed by atoms with Gasteiger partial charge in [0.15, 0.2) is 6.10 Å². The fourth-order valence-corrected chi connectivity index (χ4v) is 3.74. The largest absolute Gasteiger partial charge is 0.481 e. The maximum atomic E-state index is 12.8. The van der Waals surface area contributed by atoms with Crippen LogP contribution in [0.3, 0.4) is 0 Å². The fraction of sp³-hybridized carbons (Fsp3) is 0.240. The highest BCUT2D eigenvalue weighted by Gasteiger charge is 2.18. The van der Waals surface area contributed by atoms with Crippen molar-refractivity contribution in [1.82, 2.24) is 0 Å². The molecule has 0 bridgehead atoms. The van der Waals surface area contributed by atoms with E-state index < -0.39 is 6.10 Å². The lowest BCUT2D eigenvalue weighted by Gasteiger charge is -2.19. The van der Waals surface area contributed by atoms with Crippen LogP contribution in [0.15, 0.2) is 72.8 Å². The molecule has 0 radical (unpaired) electrons. The van der Waals surface area contributed by atoms with Crippen LogP contribution in [0.2, 0.25) is 0 Å². The third kappa shape index (κ3) is 4.09. The highest BCUT2D eigenvalue weighted by molar-refractivity contribution is 5.98. The van der Waals surface area contributed by atoms with Gasteiger partial charge in [-0.25, -0.2) is 0 Å². The minimum atomic E-state index is -0.578. The Balaban J connectivity index is 1.47. The number of ether oxygens (including phenoxy) is 1. The summed E-state index contributed by atoms with van der Waals surface area (Å²) in [4.78, 5) is 12.8. The third-order valence-corrected chi connectivity index (χ3v) is 5.27. The summed E-state index contributed by atoms with van der Waals surface area (Å²) < 4.78 is 5.95. The van der Waals surface area contributed by atoms with E-state index in [2.05, 4.69) is 17.4 Å². The molecule has 0 fully saturated rings. The van der Waals surface area contributed by atoms with Crippen molar-refractivity contribution in [2.75, 3.05) is 5.32 Å². The van der Waals surface area contributed by atoms with E-state index in [1.165, 1.54) is 24.0 Å². The van der Waals surface area contributed by atoms with Gasteiger partial charge in [-0.05, 0) is 67.5 Å². The Morgan fingerprint density at radius 2 is 1.61 bits per heavy atom. The molecule has 1 aliphatic carbocycles. The summed E-state index contributed by atoms with van der Waals surface area (Å²) in [6.45, 7) is 1.79. The predicted molar refractivity (Wildman–Crippen MR) is 114 cm³/mol. The number of nitrogens with one attached hydrogen (secondary N) is 1. The molecule has 0 unspecified atom stereocenters. The summed E-state index contributed by atoms with van der Waals surface area (Å²) in [6.07, 6.45) is 4.14. The molecular formula is C25H25NO2. The van der Waals surface area contributed by atoms with Crippen molar-refractivity contribution < 1.29 is 9.53 Å². The number of aryl methyl sites for hydroxylation is 2. The summed E-state index contributed by atoms with van der Waals surface area (Å²) in [7, 11) is 0. The first-order valence-electron chi connectivity index (χ1n) is 9.94. The van der Waals surface area contributed by atoms with Gasteiger partial charge in [-0.3, -0.25) is 4.79 Å². The van der Waals surface area contributed by atoms with Crippen LogP contribution >= 0.6 is 0 Å². The first kappa shape index (κ1) is 18.3. The minimum Gasteiger partial charge on any atom is -0.481 e. The van der Waals surface area contributed by atoms with E-state index in [1.54, 1.807) is 6.92 Å². The van der Waals surface area contributed by atoms with Gasteiger partial charge in [-0.1, -0.05) is 54.6 Å². The topological polar surface area (TPSA) is 38.3 Å². The highest BCUT2D eigenvalue weighted by Crippen LogP contribution is 2.28. The molecule has 1 amide bonds. The number of hydrogen-bond donors (Lipinski definition) is 1. The molecule has 0 aliphatic heterocycles. The Labute approximate surface area is 166 Å². The molecule has 3 aromatic carbocycles. The third-order valence-electron chi connectivity index (χ3n) is 5.27. The molecule has 0 saturated carbocycles. The van der Waals surface area contributed by atoms with Crippen molar-refractivity contribution in [3.63, 3.8) is 0 Å². The standard InChI is InChI=1S/C25H25NO2/c1-18(28-22-16-15-19-9-5-6-12-21(19)17-22)25(27)26-24-14-8-7-13-23(24)20-10-3-2-4-11-20/h2-4,7-8,10-11,13-18H,5-6,9,12H2,1H3,(H,26,27)/t18-/m0/s1. The minimum absolute atomic E-state index is 0.152. The van der Waals surface area contributed by atoms with E-state index in [-0.39, 0.29) is 5.91 Å². The second kappa shape index (κ2) is 8.30. The number of anilines is 1. The maximum Gasteiger partial charge on any atom is 0.265 e. The molecule has 4 rings (SSSR count). The van der Waals surface area contributed by atoms with Gasteiger partial charge in [0.05, 0.1) is 0 Å². The average molecular weight is 371 g/mol. The lowest BCUT2D eigenvalue weighted by atomic mass is 9.92. The fourth-order valence-electron chi connectivity index (χ4n) is 3.74. The van der Waals surface area contributed by atoms with E-state index in [0.29, 0.717) is 0 Å². The first-order chi connectivity index (χ1) is 13.7. The van der Waals surface area contributed by atoms with E-state index in [0.717, 1.165) is 35.4 Å². The predicted octanol–water partition coefficient (Wildman–Crippen LogP) is 5.64. The van der Waals surface area contributed by atoms with E-state index in [9.17, 15) is 4.79 Å². The Kier molecular flexibility index (Phi) is 5.43. The quantitative estimate of drug-likeness (QED) is 0.630. The van der Waals surface area contributed by atoms with Gasteiger partial charge in [0.1, 0.15) is 5.75 Å². The van der Waals surface area contributed by atoms with Gasteiger partial charge in [0, 0.05) is 11.3 Å². The van der Waals surface area contributed by atoms with Gasteiger partial charge >= 0.3 is 0 Å². The number of fused-ring (bicyclic) bond motifs is 1. The molecule has 1 atom stereocenters. The van der Waals surface area contributed by atoms with Gasteiger partial charge in [0.25, 0.3) is 5.91 Å². The monoisotopic (exact) mass is 371 g/mol. The number of para-hydroxylation sites is 1. The molecule has 0 aromatic heterocycles. The van der Waals surface area contributed by atoms with Gasteiger partial charge in [0.2, 0.25) is 0 Å². The second-order valence-electron chi connectivity index (χ2n) is 7.30. The smallest absolute Gasteiger partial charge is 0.265 e. The Morgan fingerprint density at radius 3 is 2.43 bits per heavy atom. The molecule has 3 aromatic rings. The molecule has 0 saturated heterocycles. The zero-order valence-corrected chi connectivity index (χ0v) is 16.2. The molecule has 3 heteroatoms. The summed E-state index contributed by atoms with van der Waals surface area (Å²) in [5.74, 6) is 0.612. The van der Waals surface area contributed by atoms with Crippen LogP contribution in [-0.2, 0) is 17.6 Å². The van der Waals surface area contributed by atoms with Crippen molar-refractivity contribution >= 4 is 11.6 Å². The van der Waals surface area contributed by atoms with Crippen LogP contribution in [-0.4, -0.2) is 12.0 Å². The maximum absolute atomic E-state index is 12.8. The van der Waals surface area contributed by atoms with Crippen molar-refractivity contribution in [3.05, 3.63) is 83.9 Å². The summed E-state index contributed by atoms with van der Waals surface area (Å²) in [5.41, 5.74) is 5.62. The van der Waals surface area contributed by atoms with Gasteiger partial charge in [-0.15, -0.1) is 0 Å². The summed E-state index contributed by atoms with van der Waals surface area (Å²) in [5, 5.41) is 3.03. The normalized spacial score (nSPS) is 14.0. The van der Waals surface area contributed by atoms with Gasteiger partial charge < -0.3 is 10.1 Å². The molecule has 1 aliphatic rings. The van der Waals surface area contributed by atoms with Crippen LogP contribution < -0.4 is 10.1 Å². The van der Waals surface area contributed by atoms with E-state index in [4.69, 9.17) is 4.74 Å². The second-order valence-corrected chi connectivity index (χ2v) is 7.30. The van der Waals surface area contributed by atoms with Gasteiger partial charge in [-0.2, -0.15) is 0 Å². The molecule has 142 valence electrons. The number of carbonyl (C=O) groups excluding carboxylic acids is 1. The Bertz CT molecular complexity index is 965. The molecule has 3 nitrogen and oxygen atoms in total.